The van der Waals surface area contributed by atoms with Gasteiger partial charge in [0.05, 0.1) is 10.5 Å². The van der Waals surface area contributed by atoms with Crippen LogP contribution in [0.25, 0.3) is 0 Å². The van der Waals surface area contributed by atoms with Crippen LogP contribution in [-0.4, -0.2) is 29.0 Å². The van der Waals surface area contributed by atoms with Crippen molar-refractivity contribution < 1.29 is 14.8 Å². The van der Waals surface area contributed by atoms with Crippen molar-refractivity contribution >= 4 is 28.9 Å². The molecule has 120 valence electrons. The first-order chi connectivity index (χ1) is 11.0. The molecule has 1 amide bonds. The van der Waals surface area contributed by atoms with Crippen molar-refractivity contribution in [1.82, 2.24) is 5.32 Å². The van der Waals surface area contributed by atoms with E-state index in [1.165, 1.54) is 30.3 Å². The summed E-state index contributed by atoms with van der Waals surface area (Å²) in [5.41, 5.74) is 0.353. The Hall–Kier alpha value is -2.80. The lowest BCUT2D eigenvalue weighted by molar-refractivity contribution is -0.383. The summed E-state index contributed by atoms with van der Waals surface area (Å²) < 4.78 is 0. The van der Waals surface area contributed by atoms with Crippen molar-refractivity contribution in [3.05, 3.63) is 63.2 Å². The first-order valence-corrected chi connectivity index (χ1v) is 7.11. The minimum atomic E-state index is -0.533. The summed E-state index contributed by atoms with van der Waals surface area (Å²) in [6, 6.07) is 10.5. The summed E-state index contributed by atoms with van der Waals surface area (Å²) in [5.74, 6) is -0.526. The van der Waals surface area contributed by atoms with Crippen LogP contribution < -0.4 is 10.6 Å². The molecule has 0 bridgehead atoms. The fourth-order valence-corrected chi connectivity index (χ4v) is 2.11. The van der Waals surface area contributed by atoms with Gasteiger partial charge in [0, 0.05) is 24.2 Å². The number of benzene rings is 2. The van der Waals surface area contributed by atoms with E-state index in [1.54, 1.807) is 12.1 Å². The predicted molar refractivity (Wildman–Crippen MR) is 87.0 cm³/mol. The largest absolute Gasteiger partial charge is 0.507 e. The minimum Gasteiger partial charge on any atom is -0.507 e. The molecule has 0 aliphatic carbocycles. The second-order valence-electron chi connectivity index (χ2n) is 4.62. The van der Waals surface area contributed by atoms with E-state index in [0.717, 1.165) is 0 Å². The Balaban J connectivity index is 1.90. The zero-order valence-corrected chi connectivity index (χ0v) is 12.7. The van der Waals surface area contributed by atoms with Gasteiger partial charge in [-0.25, -0.2) is 0 Å². The minimum absolute atomic E-state index is 0.105. The van der Waals surface area contributed by atoms with Crippen LogP contribution in [0.2, 0.25) is 5.02 Å². The van der Waals surface area contributed by atoms with Crippen LogP contribution in [0.1, 0.15) is 10.4 Å². The average molecular weight is 336 g/mol. The molecule has 0 spiro atoms. The number of nitrogens with zero attached hydrogens (tertiary/aromatic N) is 1. The van der Waals surface area contributed by atoms with Gasteiger partial charge in [0.1, 0.15) is 11.4 Å². The van der Waals surface area contributed by atoms with Gasteiger partial charge in [-0.05, 0) is 24.3 Å². The number of nitrogens with one attached hydrogen (secondary N) is 2. The molecule has 0 fully saturated rings. The average Bonchev–Trinajstić information content (AvgIpc) is 2.52. The highest BCUT2D eigenvalue weighted by Crippen LogP contribution is 2.27. The molecule has 0 radical (unpaired) electrons. The first-order valence-electron chi connectivity index (χ1n) is 6.73. The normalized spacial score (nSPS) is 10.1. The van der Waals surface area contributed by atoms with Gasteiger partial charge in [-0.15, -0.1) is 0 Å². The van der Waals surface area contributed by atoms with E-state index in [0.29, 0.717) is 5.69 Å². The second kappa shape index (κ2) is 7.46. The van der Waals surface area contributed by atoms with Crippen LogP contribution in [-0.2, 0) is 0 Å². The number of para-hydroxylation sites is 1. The molecule has 0 unspecified atom stereocenters. The van der Waals surface area contributed by atoms with Gasteiger partial charge >= 0.3 is 0 Å². The SMILES string of the molecule is O=C(NCCNc1ccc(Cl)cc1[N+](=O)[O-])c1ccccc1O. The molecule has 2 aromatic rings. The third kappa shape index (κ3) is 4.33. The van der Waals surface area contributed by atoms with Crippen LogP contribution in [0, 0.1) is 10.1 Å². The third-order valence-corrected chi connectivity index (χ3v) is 3.27. The number of amides is 1. The number of nitro benzene ring substituents is 1. The second-order valence-corrected chi connectivity index (χ2v) is 5.05. The van der Waals surface area contributed by atoms with E-state index in [-0.39, 0.29) is 35.1 Å². The maximum atomic E-state index is 11.9. The number of phenolic OH excluding ortho intramolecular Hbond substituents is 1. The van der Waals surface area contributed by atoms with Gasteiger partial charge in [0.15, 0.2) is 0 Å². The first kappa shape index (κ1) is 16.6. The van der Waals surface area contributed by atoms with Crippen molar-refractivity contribution in [3.63, 3.8) is 0 Å². The van der Waals surface area contributed by atoms with Crippen LogP contribution in [0.15, 0.2) is 42.5 Å². The quantitative estimate of drug-likeness (QED) is 0.428. The Morgan fingerprint density at radius 3 is 2.65 bits per heavy atom. The van der Waals surface area contributed by atoms with Crippen molar-refractivity contribution in [2.45, 2.75) is 0 Å². The summed E-state index contributed by atoms with van der Waals surface area (Å²) in [7, 11) is 0. The number of hydrogen-bond donors (Lipinski definition) is 3. The van der Waals surface area contributed by atoms with Crippen LogP contribution >= 0.6 is 11.6 Å². The molecular formula is C15H14ClN3O4. The third-order valence-electron chi connectivity index (χ3n) is 3.03. The monoisotopic (exact) mass is 335 g/mol. The number of halogens is 1. The molecule has 23 heavy (non-hydrogen) atoms. The topological polar surface area (TPSA) is 104 Å². The molecule has 2 rings (SSSR count). The Morgan fingerprint density at radius 1 is 1.22 bits per heavy atom. The molecule has 0 aliphatic heterocycles. The Kier molecular flexibility index (Phi) is 5.37. The van der Waals surface area contributed by atoms with E-state index in [4.69, 9.17) is 11.6 Å². The fourth-order valence-electron chi connectivity index (χ4n) is 1.94. The Labute approximate surface area is 137 Å². The van der Waals surface area contributed by atoms with E-state index in [9.17, 15) is 20.0 Å². The van der Waals surface area contributed by atoms with Gasteiger partial charge in [-0.1, -0.05) is 23.7 Å². The standard InChI is InChI=1S/C15H14ClN3O4/c16-10-5-6-12(13(9-10)19(22)23)17-7-8-18-15(21)11-3-1-2-4-14(11)20/h1-6,9,17,20H,7-8H2,(H,18,21). The van der Waals surface area contributed by atoms with Gasteiger partial charge in [-0.2, -0.15) is 0 Å². The van der Waals surface area contributed by atoms with Crippen LogP contribution in [0.3, 0.4) is 0 Å². The highest BCUT2D eigenvalue weighted by Gasteiger charge is 2.14. The van der Waals surface area contributed by atoms with Gasteiger partial charge in [-0.3, -0.25) is 14.9 Å². The Morgan fingerprint density at radius 2 is 1.96 bits per heavy atom. The molecule has 2 aromatic carbocycles. The van der Waals surface area contributed by atoms with Gasteiger partial charge in [0.25, 0.3) is 11.6 Å². The fraction of sp³-hybridized carbons (Fsp3) is 0.133. The van der Waals surface area contributed by atoms with Crippen LogP contribution in [0.5, 0.6) is 5.75 Å². The lowest BCUT2D eigenvalue weighted by atomic mass is 10.2. The molecule has 3 N–H and O–H groups in total. The smallest absolute Gasteiger partial charge is 0.293 e. The predicted octanol–water partition coefficient (Wildman–Crippen LogP) is 2.80. The van der Waals surface area contributed by atoms with Crippen molar-refractivity contribution in [3.8, 4) is 5.75 Å². The molecular weight excluding hydrogens is 322 g/mol. The summed E-state index contributed by atoms with van der Waals surface area (Å²) in [4.78, 5) is 22.3. The molecule has 0 atom stereocenters. The molecule has 0 heterocycles. The number of phenols is 1. The number of aromatic hydroxyl groups is 1. The maximum Gasteiger partial charge on any atom is 0.293 e. The number of carbonyl (C=O) groups excluding carboxylic acids is 1. The van der Waals surface area contributed by atoms with Crippen molar-refractivity contribution in [2.24, 2.45) is 0 Å². The van der Waals surface area contributed by atoms with Crippen molar-refractivity contribution in [2.75, 3.05) is 18.4 Å². The summed E-state index contributed by atoms with van der Waals surface area (Å²) in [6.45, 7) is 0.509. The van der Waals surface area contributed by atoms with E-state index >= 15 is 0 Å². The highest BCUT2D eigenvalue weighted by molar-refractivity contribution is 6.30. The molecule has 0 aliphatic rings. The zero-order chi connectivity index (χ0) is 16.8. The number of hydrogen-bond acceptors (Lipinski definition) is 5. The lowest BCUT2D eigenvalue weighted by Gasteiger charge is -2.09. The molecule has 8 heteroatoms. The lowest BCUT2D eigenvalue weighted by Crippen LogP contribution is -2.28. The number of nitro groups is 1. The zero-order valence-electron chi connectivity index (χ0n) is 12.0. The van der Waals surface area contributed by atoms with Crippen molar-refractivity contribution in [1.29, 1.82) is 0 Å². The highest BCUT2D eigenvalue weighted by atomic mass is 35.5. The summed E-state index contributed by atoms with van der Waals surface area (Å²) >= 11 is 5.73. The number of anilines is 1. The summed E-state index contributed by atoms with van der Waals surface area (Å²) in [5, 5.41) is 26.3. The van der Waals surface area contributed by atoms with E-state index in [2.05, 4.69) is 10.6 Å². The van der Waals surface area contributed by atoms with E-state index < -0.39 is 10.8 Å². The molecule has 0 aromatic heterocycles. The number of carbonyl (C=O) groups is 1. The molecule has 0 saturated carbocycles. The molecule has 7 nitrogen and oxygen atoms in total. The van der Waals surface area contributed by atoms with Gasteiger partial charge in [0.2, 0.25) is 0 Å². The Bertz CT molecular complexity index is 736. The number of rotatable bonds is 6. The summed E-state index contributed by atoms with van der Waals surface area (Å²) in [6.07, 6.45) is 0. The maximum absolute atomic E-state index is 11.9. The molecule has 0 saturated heterocycles. The van der Waals surface area contributed by atoms with E-state index in [1.807, 2.05) is 0 Å². The van der Waals surface area contributed by atoms with Crippen LogP contribution in [0.4, 0.5) is 11.4 Å². The van der Waals surface area contributed by atoms with Gasteiger partial charge < -0.3 is 15.7 Å².